The highest BCUT2D eigenvalue weighted by atomic mass is 16.5. The Labute approximate surface area is 205 Å². The number of rotatable bonds is 27. The third-order valence-electron chi connectivity index (χ3n) is 7.32. The van der Waals surface area contributed by atoms with E-state index in [1.54, 1.807) is 0 Å². The maximum atomic E-state index is 6.58. The Morgan fingerprint density at radius 2 is 0.656 bits per heavy atom. The van der Waals surface area contributed by atoms with Crippen molar-refractivity contribution in [2.24, 2.45) is 0 Å². The van der Waals surface area contributed by atoms with E-state index in [0.717, 1.165) is 6.61 Å². The van der Waals surface area contributed by atoms with Gasteiger partial charge in [-0.1, -0.05) is 162 Å². The van der Waals surface area contributed by atoms with E-state index in [4.69, 9.17) is 4.74 Å². The minimum atomic E-state index is 0.132. The topological polar surface area (TPSA) is 9.23 Å². The van der Waals surface area contributed by atoms with Gasteiger partial charge < -0.3 is 4.74 Å². The highest BCUT2D eigenvalue weighted by Crippen LogP contribution is 2.27. The first kappa shape index (κ1) is 32.0. The number of unbranched alkanes of at least 4 members (excludes halogenated alkanes) is 20. The van der Waals surface area contributed by atoms with Crippen LogP contribution in [0.5, 0.6) is 0 Å². The van der Waals surface area contributed by atoms with Crippen LogP contribution in [0.2, 0.25) is 0 Å². The molecule has 0 aromatic heterocycles. The van der Waals surface area contributed by atoms with Gasteiger partial charge in [0.05, 0.1) is 5.60 Å². The SMILES string of the molecule is CCCCCCCCCCOC(C)(CCCCCCCCC)CCCCCCCCCC. The van der Waals surface area contributed by atoms with Crippen LogP contribution < -0.4 is 0 Å². The van der Waals surface area contributed by atoms with Crippen LogP contribution in [0.15, 0.2) is 0 Å². The largest absolute Gasteiger partial charge is 0.375 e. The highest BCUT2D eigenvalue weighted by Gasteiger charge is 2.23. The van der Waals surface area contributed by atoms with Gasteiger partial charge in [0, 0.05) is 6.61 Å². The van der Waals surface area contributed by atoms with E-state index in [1.807, 2.05) is 0 Å². The summed E-state index contributed by atoms with van der Waals surface area (Å²) in [6.45, 7) is 10.3. The Hall–Kier alpha value is -0.0400. The summed E-state index contributed by atoms with van der Waals surface area (Å²) in [6.07, 6.45) is 34.7. The van der Waals surface area contributed by atoms with Crippen LogP contribution >= 0.6 is 0 Å². The molecule has 0 saturated carbocycles. The van der Waals surface area contributed by atoms with Crippen LogP contribution in [0.4, 0.5) is 0 Å². The third-order valence-corrected chi connectivity index (χ3v) is 7.32. The standard InChI is InChI=1S/C31H64O/c1-5-8-11-14-17-20-23-26-29-31(4,28-25-22-19-16-13-10-7-3)32-30-27-24-21-18-15-12-9-6-2/h5-30H2,1-4H3. The van der Waals surface area contributed by atoms with Gasteiger partial charge >= 0.3 is 0 Å². The summed E-state index contributed by atoms with van der Waals surface area (Å²) in [4.78, 5) is 0. The van der Waals surface area contributed by atoms with Crippen molar-refractivity contribution in [3.63, 3.8) is 0 Å². The first-order valence-electron chi connectivity index (χ1n) is 15.3. The lowest BCUT2D eigenvalue weighted by molar-refractivity contribution is -0.0482. The van der Waals surface area contributed by atoms with E-state index in [1.165, 1.54) is 161 Å². The molecule has 1 heteroatoms. The molecule has 0 saturated heterocycles. The number of hydrogen-bond donors (Lipinski definition) is 0. The minimum absolute atomic E-state index is 0.132. The Bertz CT molecular complexity index is 339. The Kier molecular flexibility index (Phi) is 25.5. The summed E-state index contributed by atoms with van der Waals surface area (Å²) >= 11 is 0. The Balaban J connectivity index is 4.03. The zero-order valence-corrected chi connectivity index (χ0v) is 23.3. The lowest BCUT2D eigenvalue weighted by Gasteiger charge is -2.30. The summed E-state index contributed by atoms with van der Waals surface area (Å²) in [5, 5.41) is 0. The predicted octanol–water partition coefficient (Wildman–Crippen LogP) is 11.6. The summed E-state index contributed by atoms with van der Waals surface area (Å²) < 4.78 is 6.58. The summed E-state index contributed by atoms with van der Waals surface area (Å²) in [6, 6.07) is 0. The minimum Gasteiger partial charge on any atom is -0.375 e. The first-order valence-corrected chi connectivity index (χ1v) is 15.3. The number of hydrogen-bond acceptors (Lipinski definition) is 1. The molecule has 0 aliphatic heterocycles. The molecule has 0 aliphatic rings. The molecule has 0 heterocycles. The molecule has 1 nitrogen and oxygen atoms in total. The van der Waals surface area contributed by atoms with E-state index >= 15 is 0 Å². The quantitative estimate of drug-likeness (QED) is 0.113. The molecule has 0 aliphatic carbocycles. The molecule has 1 atom stereocenters. The summed E-state index contributed by atoms with van der Waals surface area (Å²) in [5.74, 6) is 0. The lowest BCUT2D eigenvalue weighted by atomic mass is 9.91. The molecular weight excluding hydrogens is 388 g/mol. The van der Waals surface area contributed by atoms with Crippen molar-refractivity contribution in [3.8, 4) is 0 Å². The van der Waals surface area contributed by atoms with Gasteiger partial charge in [-0.05, 0) is 26.2 Å². The van der Waals surface area contributed by atoms with Crippen LogP contribution in [0, 0.1) is 0 Å². The fourth-order valence-electron chi connectivity index (χ4n) is 4.91. The van der Waals surface area contributed by atoms with E-state index < -0.39 is 0 Å². The molecular formula is C31H64O. The van der Waals surface area contributed by atoms with Crippen molar-refractivity contribution >= 4 is 0 Å². The number of ether oxygens (including phenoxy) is 1. The maximum absolute atomic E-state index is 6.58. The van der Waals surface area contributed by atoms with Crippen molar-refractivity contribution in [1.29, 1.82) is 0 Å². The van der Waals surface area contributed by atoms with Crippen molar-refractivity contribution in [2.45, 2.75) is 194 Å². The molecule has 32 heavy (non-hydrogen) atoms. The van der Waals surface area contributed by atoms with Gasteiger partial charge in [-0.3, -0.25) is 0 Å². The summed E-state index contributed by atoms with van der Waals surface area (Å²) in [5.41, 5.74) is 0.132. The van der Waals surface area contributed by atoms with Gasteiger partial charge in [-0.2, -0.15) is 0 Å². The molecule has 1 unspecified atom stereocenters. The molecule has 0 aromatic rings. The average molecular weight is 453 g/mol. The fraction of sp³-hybridized carbons (Fsp3) is 1.00. The molecule has 0 spiro atoms. The normalized spacial score (nSPS) is 13.5. The molecule has 0 radical (unpaired) electrons. The van der Waals surface area contributed by atoms with Crippen molar-refractivity contribution < 1.29 is 4.74 Å². The van der Waals surface area contributed by atoms with E-state index in [9.17, 15) is 0 Å². The molecule has 0 aromatic carbocycles. The van der Waals surface area contributed by atoms with Crippen LogP contribution in [0.3, 0.4) is 0 Å². The maximum Gasteiger partial charge on any atom is 0.0654 e. The molecule has 0 N–H and O–H groups in total. The van der Waals surface area contributed by atoms with Crippen LogP contribution in [-0.2, 0) is 4.74 Å². The Morgan fingerprint density at radius 3 is 1.00 bits per heavy atom. The fourth-order valence-corrected chi connectivity index (χ4v) is 4.91. The zero-order chi connectivity index (χ0) is 23.6. The molecule has 0 fully saturated rings. The predicted molar refractivity (Wildman–Crippen MR) is 147 cm³/mol. The van der Waals surface area contributed by atoms with Crippen LogP contribution in [0.25, 0.3) is 0 Å². The monoisotopic (exact) mass is 452 g/mol. The van der Waals surface area contributed by atoms with Gasteiger partial charge in [0.25, 0.3) is 0 Å². The van der Waals surface area contributed by atoms with Crippen molar-refractivity contribution in [1.82, 2.24) is 0 Å². The second-order valence-corrected chi connectivity index (χ2v) is 10.9. The summed E-state index contributed by atoms with van der Waals surface area (Å²) in [7, 11) is 0. The van der Waals surface area contributed by atoms with Gasteiger partial charge in [0.2, 0.25) is 0 Å². The second kappa shape index (κ2) is 25.6. The molecule has 0 amide bonds. The smallest absolute Gasteiger partial charge is 0.0654 e. The van der Waals surface area contributed by atoms with Crippen LogP contribution in [-0.4, -0.2) is 12.2 Å². The van der Waals surface area contributed by atoms with E-state index in [2.05, 4.69) is 27.7 Å². The van der Waals surface area contributed by atoms with Gasteiger partial charge in [-0.25, -0.2) is 0 Å². The Morgan fingerprint density at radius 1 is 0.375 bits per heavy atom. The molecule has 0 rings (SSSR count). The van der Waals surface area contributed by atoms with Crippen molar-refractivity contribution in [2.75, 3.05) is 6.61 Å². The first-order chi connectivity index (χ1) is 15.7. The second-order valence-electron chi connectivity index (χ2n) is 10.9. The van der Waals surface area contributed by atoms with Gasteiger partial charge in [-0.15, -0.1) is 0 Å². The van der Waals surface area contributed by atoms with Crippen LogP contribution in [0.1, 0.15) is 188 Å². The van der Waals surface area contributed by atoms with E-state index in [0.29, 0.717) is 0 Å². The van der Waals surface area contributed by atoms with E-state index in [-0.39, 0.29) is 5.60 Å². The highest BCUT2D eigenvalue weighted by molar-refractivity contribution is 4.75. The lowest BCUT2D eigenvalue weighted by Crippen LogP contribution is -2.29. The van der Waals surface area contributed by atoms with Gasteiger partial charge in [0.15, 0.2) is 0 Å². The van der Waals surface area contributed by atoms with Crippen molar-refractivity contribution in [3.05, 3.63) is 0 Å². The average Bonchev–Trinajstić information content (AvgIpc) is 2.79. The third kappa shape index (κ3) is 23.1. The molecule has 0 bridgehead atoms. The zero-order valence-electron chi connectivity index (χ0n) is 23.3. The van der Waals surface area contributed by atoms with Gasteiger partial charge in [0.1, 0.15) is 0 Å². The molecule has 194 valence electrons.